The quantitative estimate of drug-likeness (QED) is 0.234. The highest BCUT2D eigenvalue weighted by Gasteiger charge is 2.43. The third-order valence-electron chi connectivity index (χ3n) is 9.02. The number of benzene rings is 4. The van der Waals surface area contributed by atoms with Crippen LogP contribution in [0.4, 0.5) is 11.4 Å². The van der Waals surface area contributed by atoms with Crippen LogP contribution in [-0.4, -0.2) is 23.6 Å². The van der Waals surface area contributed by atoms with Crippen LogP contribution in [-0.2, 0) is 0 Å². The maximum atomic E-state index is 14.3. The van der Waals surface area contributed by atoms with Crippen molar-refractivity contribution in [2.24, 2.45) is 0 Å². The number of allylic oxidation sites excluding steroid dienone is 8. The van der Waals surface area contributed by atoms with Crippen LogP contribution < -0.4 is 9.80 Å². The van der Waals surface area contributed by atoms with Gasteiger partial charge in [0.25, 0.3) is 23.6 Å². The van der Waals surface area contributed by atoms with Crippen molar-refractivity contribution >= 4 is 56.9 Å². The SMILES string of the molecule is Cc1cc2c3c(c(C)cc4c3c1C(=O)N(c1ccccc1C1=CC=CC1)C4=O)C(=O)N(c1ccccc1C1=CC=CC1)C2=O. The number of imide groups is 2. The van der Waals surface area contributed by atoms with Gasteiger partial charge >= 0.3 is 0 Å². The van der Waals surface area contributed by atoms with E-state index in [0.29, 0.717) is 68.4 Å². The highest BCUT2D eigenvalue weighted by atomic mass is 16.2. The van der Waals surface area contributed by atoms with Crippen LogP contribution in [0.3, 0.4) is 0 Å². The van der Waals surface area contributed by atoms with Crippen molar-refractivity contribution < 1.29 is 19.2 Å². The fourth-order valence-corrected chi connectivity index (χ4v) is 7.05. The number of carbonyl (C=O) groups is 4. The maximum Gasteiger partial charge on any atom is 0.266 e. The lowest BCUT2D eigenvalue weighted by molar-refractivity contribution is 0.0872. The Bertz CT molecular complexity index is 2020. The van der Waals surface area contributed by atoms with Crippen LogP contribution in [0.1, 0.15) is 76.5 Å². The molecule has 4 aromatic rings. The van der Waals surface area contributed by atoms with Crippen molar-refractivity contribution in [3.05, 3.63) is 142 Å². The Morgan fingerprint density at radius 1 is 0.523 bits per heavy atom. The van der Waals surface area contributed by atoms with Crippen molar-refractivity contribution in [2.45, 2.75) is 26.7 Å². The molecule has 0 spiro atoms. The second kappa shape index (κ2) is 9.44. The van der Waals surface area contributed by atoms with Gasteiger partial charge in [-0.15, -0.1) is 0 Å². The first-order valence-electron chi connectivity index (χ1n) is 14.7. The molecule has 212 valence electrons. The summed E-state index contributed by atoms with van der Waals surface area (Å²) in [6, 6.07) is 18.2. The molecule has 2 aliphatic heterocycles. The molecule has 8 rings (SSSR count). The topological polar surface area (TPSA) is 74.8 Å². The Morgan fingerprint density at radius 2 is 0.932 bits per heavy atom. The number of amides is 4. The Kier molecular flexibility index (Phi) is 5.59. The Labute approximate surface area is 253 Å². The van der Waals surface area contributed by atoms with Crippen molar-refractivity contribution in [2.75, 3.05) is 9.80 Å². The summed E-state index contributed by atoms with van der Waals surface area (Å²) in [6.07, 6.45) is 13.4. The Hall–Kier alpha value is -5.62. The fourth-order valence-electron chi connectivity index (χ4n) is 7.05. The Balaban J connectivity index is 1.33. The Morgan fingerprint density at radius 3 is 1.32 bits per heavy atom. The molecular formula is C38H26N2O4. The summed E-state index contributed by atoms with van der Waals surface area (Å²) in [7, 11) is 0. The molecule has 0 saturated carbocycles. The van der Waals surface area contributed by atoms with Gasteiger partial charge in [-0.25, -0.2) is 9.80 Å². The zero-order valence-electron chi connectivity index (χ0n) is 24.2. The van der Waals surface area contributed by atoms with Gasteiger partial charge in [0.2, 0.25) is 0 Å². The minimum Gasteiger partial charge on any atom is -0.268 e. The first-order chi connectivity index (χ1) is 21.4. The largest absolute Gasteiger partial charge is 0.268 e. The lowest BCUT2D eigenvalue weighted by atomic mass is 9.81. The summed E-state index contributed by atoms with van der Waals surface area (Å²) < 4.78 is 0. The average Bonchev–Trinajstić information content (AvgIpc) is 3.75. The van der Waals surface area contributed by atoms with E-state index in [-0.39, 0.29) is 0 Å². The normalized spacial score (nSPS) is 16.9. The zero-order valence-corrected chi connectivity index (χ0v) is 24.2. The van der Waals surface area contributed by atoms with E-state index in [9.17, 15) is 19.2 Å². The number of carbonyl (C=O) groups excluding carboxylic acids is 4. The van der Waals surface area contributed by atoms with E-state index < -0.39 is 23.6 Å². The highest BCUT2D eigenvalue weighted by molar-refractivity contribution is 6.43. The highest BCUT2D eigenvalue weighted by Crippen LogP contribution is 2.45. The summed E-state index contributed by atoms with van der Waals surface area (Å²) in [5.41, 5.74) is 7.14. The summed E-state index contributed by atoms with van der Waals surface area (Å²) in [5, 5.41) is 0.756. The van der Waals surface area contributed by atoms with Crippen LogP contribution in [0.25, 0.3) is 21.9 Å². The van der Waals surface area contributed by atoms with Crippen LogP contribution in [0.2, 0.25) is 0 Å². The predicted molar refractivity (Wildman–Crippen MR) is 172 cm³/mol. The average molecular weight is 575 g/mol. The standard InChI is InChI=1S/C38H26N2O4/c1-21-19-27-34-32(38(44)40(35(27)41)30-18-10-8-16-26(30)24-13-5-6-14-24)22(2)20-28-33(34)31(21)37(43)39(36(28)42)29-17-9-7-15-25(29)23-11-3-4-12-23/h3-11,13,15-20H,12,14H2,1-2H3. The van der Waals surface area contributed by atoms with Crippen molar-refractivity contribution in [1.82, 2.24) is 0 Å². The number of para-hydroxylation sites is 2. The van der Waals surface area contributed by atoms with E-state index in [2.05, 4.69) is 0 Å². The number of hydrogen-bond acceptors (Lipinski definition) is 4. The summed E-state index contributed by atoms with van der Waals surface area (Å²) >= 11 is 0. The molecule has 0 bridgehead atoms. The molecule has 0 fully saturated rings. The van der Waals surface area contributed by atoms with E-state index >= 15 is 0 Å². The van der Waals surface area contributed by atoms with E-state index in [0.717, 1.165) is 22.3 Å². The second-order valence-electron chi connectivity index (χ2n) is 11.6. The molecule has 6 heteroatoms. The molecule has 4 aromatic carbocycles. The second-order valence-corrected chi connectivity index (χ2v) is 11.6. The molecule has 44 heavy (non-hydrogen) atoms. The molecule has 4 amide bonds. The molecule has 0 unspecified atom stereocenters. The third-order valence-corrected chi connectivity index (χ3v) is 9.02. The number of hydrogen-bond donors (Lipinski definition) is 0. The van der Waals surface area contributed by atoms with Crippen molar-refractivity contribution in [1.29, 1.82) is 0 Å². The van der Waals surface area contributed by atoms with Crippen LogP contribution in [0, 0.1) is 13.8 Å². The fraction of sp³-hybridized carbons (Fsp3) is 0.105. The first kappa shape index (κ1) is 26.0. The third kappa shape index (κ3) is 3.48. The first-order valence-corrected chi connectivity index (χ1v) is 14.7. The minimum absolute atomic E-state index is 0.311. The van der Waals surface area contributed by atoms with Crippen LogP contribution >= 0.6 is 0 Å². The summed E-state index contributed by atoms with van der Waals surface area (Å²) in [6.45, 7) is 3.57. The van der Waals surface area contributed by atoms with Gasteiger partial charge in [0.05, 0.1) is 22.5 Å². The van der Waals surface area contributed by atoms with Crippen LogP contribution in [0.5, 0.6) is 0 Å². The van der Waals surface area contributed by atoms with E-state index in [1.54, 1.807) is 38.1 Å². The number of anilines is 2. The summed E-state index contributed by atoms with van der Waals surface area (Å²) in [4.78, 5) is 59.7. The van der Waals surface area contributed by atoms with Crippen LogP contribution in [0.15, 0.2) is 97.1 Å². The molecule has 0 saturated heterocycles. The molecule has 6 nitrogen and oxygen atoms in total. The number of rotatable bonds is 4. The van der Waals surface area contributed by atoms with Crippen molar-refractivity contribution in [3.63, 3.8) is 0 Å². The van der Waals surface area contributed by atoms with Gasteiger partial charge in [-0.2, -0.15) is 0 Å². The zero-order chi connectivity index (χ0) is 30.3. The lowest BCUT2D eigenvalue weighted by Gasteiger charge is -2.34. The molecule has 0 aromatic heterocycles. The van der Waals surface area contributed by atoms with E-state index in [4.69, 9.17) is 0 Å². The van der Waals surface area contributed by atoms with Gasteiger partial charge in [-0.05, 0) is 73.2 Å². The smallest absolute Gasteiger partial charge is 0.266 e. The van der Waals surface area contributed by atoms with E-state index in [1.165, 1.54) is 9.80 Å². The van der Waals surface area contributed by atoms with Gasteiger partial charge < -0.3 is 0 Å². The molecule has 2 aliphatic carbocycles. The molecule has 0 atom stereocenters. The van der Waals surface area contributed by atoms with Gasteiger partial charge in [-0.3, -0.25) is 19.2 Å². The predicted octanol–water partition coefficient (Wildman–Crippen LogP) is 7.74. The molecule has 2 heterocycles. The van der Waals surface area contributed by atoms with Gasteiger partial charge in [-0.1, -0.05) is 72.9 Å². The van der Waals surface area contributed by atoms with Gasteiger partial charge in [0, 0.05) is 33.0 Å². The number of nitrogens with zero attached hydrogens (tertiary/aromatic N) is 2. The monoisotopic (exact) mass is 574 g/mol. The van der Waals surface area contributed by atoms with Crippen molar-refractivity contribution in [3.8, 4) is 0 Å². The minimum atomic E-state index is -0.471. The number of aryl methyl sites for hydroxylation is 2. The molecule has 0 radical (unpaired) electrons. The van der Waals surface area contributed by atoms with Gasteiger partial charge in [0.1, 0.15) is 0 Å². The molecule has 0 N–H and O–H groups in total. The molecule has 4 aliphatic rings. The molecular weight excluding hydrogens is 548 g/mol. The maximum absolute atomic E-state index is 14.3. The van der Waals surface area contributed by atoms with Gasteiger partial charge in [0.15, 0.2) is 0 Å². The lowest BCUT2D eigenvalue weighted by Crippen LogP contribution is -2.44. The summed E-state index contributed by atoms with van der Waals surface area (Å²) in [5.74, 6) is -1.87. The van der Waals surface area contributed by atoms with E-state index in [1.807, 2.05) is 72.9 Å².